The average Bonchev–Trinajstić information content (AvgIpc) is 3.35. The maximum atomic E-state index is 12.2. The van der Waals surface area contributed by atoms with Gasteiger partial charge in [-0.3, -0.25) is 4.79 Å². The number of rotatable bonds is 4. The summed E-state index contributed by atoms with van der Waals surface area (Å²) < 4.78 is 16.9. The van der Waals surface area contributed by atoms with Crippen molar-refractivity contribution >= 4 is 11.9 Å². The number of fused-ring (bicyclic) bond motifs is 1. The van der Waals surface area contributed by atoms with Gasteiger partial charge < -0.3 is 24.5 Å². The summed E-state index contributed by atoms with van der Waals surface area (Å²) >= 11 is 0. The normalized spacial score (nSPS) is 27.4. The van der Waals surface area contributed by atoms with Gasteiger partial charge in [0.2, 0.25) is 5.95 Å². The van der Waals surface area contributed by atoms with E-state index >= 15 is 0 Å². The lowest BCUT2D eigenvalue weighted by Gasteiger charge is -2.21. The summed E-state index contributed by atoms with van der Waals surface area (Å²) in [6.45, 7) is 7.19. The number of ether oxygens (including phenoxy) is 2. The molecule has 0 aliphatic carbocycles. The number of carbonyl (C=O) groups is 1. The Morgan fingerprint density at radius 2 is 1.89 bits per heavy atom. The van der Waals surface area contributed by atoms with Crippen LogP contribution in [0.5, 0.6) is 0 Å². The van der Waals surface area contributed by atoms with Gasteiger partial charge >= 0.3 is 0 Å². The number of carbonyl (C=O) groups excluding carboxylic acids is 1. The minimum absolute atomic E-state index is 0.0564. The molecule has 1 amide bonds. The fraction of sp³-hybridized carbons (Fsp3) is 0.526. The SMILES string of the molecule is CC(C)(C)c1ccnc(N[C@H]2CO[C@H]3[C@@H]2OC[C@@H]3NC(=O)c2ccco2)n1. The van der Waals surface area contributed by atoms with Gasteiger partial charge in [-0.1, -0.05) is 20.8 Å². The van der Waals surface area contributed by atoms with Crippen molar-refractivity contribution in [2.75, 3.05) is 18.5 Å². The van der Waals surface area contributed by atoms with Gasteiger partial charge in [-0.05, 0) is 18.2 Å². The first-order chi connectivity index (χ1) is 12.9. The lowest BCUT2D eigenvalue weighted by atomic mass is 9.92. The molecule has 8 nitrogen and oxygen atoms in total. The zero-order chi connectivity index (χ0) is 19.0. The number of hydrogen-bond donors (Lipinski definition) is 2. The molecular weight excluding hydrogens is 348 g/mol. The second-order valence-corrected chi connectivity index (χ2v) is 7.92. The zero-order valence-electron chi connectivity index (χ0n) is 15.6. The standard InChI is InChI=1S/C19H24N4O4/c1-19(2,3)14-6-7-20-18(23-14)22-12-10-27-15-11(9-26-16(12)15)21-17(24)13-5-4-8-25-13/h4-8,11-12,15-16H,9-10H2,1-3H3,(H,21,24)(H,20,22,23)/t11-,12-,15+,16+/m0/s1. The molecule has 0 spiro atoms. The van der Waals surface area contributed by atoms with E-state index in [0.717, 1.165) is 5.69 Å². The van der Waals surface area contributed by atoms with E-state index < -0.39 is 0 Å². The van der Waals surface area contributed by atoms with E-state index in [1.54, 1.807) is 18.3 Å². The molecule has 0 aromatic carbocycles. The minimum Gasteiger partial charge on any atom is -0.459 e. The third-order valence-corrected chi connectivity index (χ3v) is 4.85. The predicted octanol–water partition coefficient (Wildman–Crippen LogP) is 1.74. The Kier molecular flexibility index (Phi) is 4.61. The van der Waals surface area contributed by atoms with Crippen molar-refractivity contribution in [2.45, 2.75) is 50.5 Å². The maximum absolute atomic E-state index is 12.2. The van der Waals surface area contributed by atoms with E-state index in [1.165, 1.54) is 6.26 Å². The van der Waals surface area contributed by atoms with Crippen LogP contribution < -0.4 is 10.6 Å². The Balaban J connectivity index is 1.40. The van der Waals surface area contributed by atoms with Crippen LogP contribution in [0.15, 0.2) is 35.1 Å². The molecule has 0 unspecified atom stereocenters. The fourth-order valence-electron chi connectivity index (χ4n) is 3.41. The molecule has 0 saturated carbocycles. The smallest absolute Gasteiger partial charge is 0.287 e. The Hall–Kier alpha value is -2.45. The van der Waals surface area contributed by atoms with E-state index in [4.69, 9.17) is 13.9 Å². The zero-order valence-corrected chi connectivity index (χ0v) is 15.6. The summed E-state index contributed by atoms with van der Waals surface area (Å²) in [4.78, 5) is 21.1. The van der Waals surface area contributed by atoms with Crippen LogP contribution in [0, 0.1) is 0 Å². The second-order valence-electron chi connectivity index (χ2n) is 7.92. The second kappa shape index (κ2) is 6.94. The Morgan fingerprint density at radius 1 is 1.15 bits per heavy atom. The largest absolute Gasteiger partial charge is 0.459 e. The van der Waals surface area contributed by atoms with Gasteiger partial charge in [0, 0.05) is 11.6 Å². The molecule has 2 aliphatic heterocycles. The van der Waals surface area contributed by atoms with Crippen molar-refractivity contribution in [1.82, 2.24) is 15.3 Å². The number of furan rings is 1. The molecule has 0 bridgehead atoms. The molecule has 2 aliphatic rings. The first-order valence-corrected chi connectivity index (χ1v) is 9.09. The van der Waals surface area contributed by atoms with Crippen molar-refractivity contribution in [1.29, 1.82) is 0 Å². The van der Waals surface area contributed by atoms with Gasteiger partial charge in [0.15, 0.2) is 5.76 Å². The molecule has 2 aromatic rings. The van der Waals surface area contributed by atoms with Gasteiger partial charge in [0.05, 0.1) is 37.3 Å². The number of amides is 1. The van der Waals surface area contributed by atoms with Crippen LogP contribution in [-0.2, 0) is 14.9 Å². The molecule has 2 N–H and O–H groups in total. The molecule has 144 valence electrons. The Morgan fingerprint density at radius 3 is 2.59 bits per heavy atom. The minimum atomic E-state index is -0.268. The van der Waals surface area contributed by atoms with Crippen LogP contribution in [0.4, 0.5) is 5.95 Å². The molecule has 4 rings (SSSR count). The Labute approximate surface area is 157 Å². The monoisotopic (exact) mass is 372 g/mol. The van der Waals surface area contributed by atoms with Crippen molar-refractivity contribution < 1.29 is 18.7 Å². The highest BCUT2D eigenvalue weighted by Crippen LogP contribution is 2.29. The van der Waals surface area contributed by atoms with E-state index in [2.05, 4.69) is 41.4 Å². The van der Waals surface area contributed by atoms with Crippen molar-refractivity contribution in [3.05, 3.63) is 42.1 Å². The van der Waals surface area contributed by atoms with E-state index in [0.29, 0.717) is 19.2 Å². The van der Waals surface area contributed by atoms with Crippen molar-refractivity contribution in [2.24, 2.45) is 0 Å². The van der Waals surface area contributed by atoms with Gasteiger partial charge in [-0.2, -0.15) is 0 Å². The molecule has 2 aromatic heterocycles. The highest BCUT2D eigenvalue weighted by atomic mass is 16.6. The topological polar surface area (TPSA) is 98.5 Å². The summed E-state index contributed by atoms with van der Waals surface area (Å²) in [6, 6.07) is 4.94. The summed E-state index contributed by atoms with van der Waals surface area (Å²) in [6.07, 6.45) is 2.84. The molecule has 27 heavy (non-hydrogen) atoms. The molecule has 4 atom stereocenters. The van der Waals surface area contributed by atoms with Crippen molar-refractivity contribution in [3.63, 3.8) is 0 Å². The van der Waals surface area contributed by atoms with Crippen LogP contribution in [0.1, 0.15) is 37.0 Å². The van der Waals surface area contributed by atoms with Crippen LogP contribution in [-0.4, -0.2) is 53.4 Å². The number of anilines is 1. The summed E-state index contributed by atoms with van der Waals surface area (Å²) in [5.74, 6) is 0.567. The highest BCUT2D eigenvalue weighted by Gasteiger charge is 2.48. The maximum Gasteiger partial charge on any atom is 0.287 e. The number of nitrogens with one attached hydrogen (secondary N) is 2. The van der Waals surface area contributed by atoms with Crippen LogP contribution in [0.2, 0.25) is 0 Å². The lowest BCUT2D eigenvalue weighted by Crippen LogP contribution is -2.44. The van der Waals surface area contributed by atoms with Gasteiger partial charge in [-0.15, -0.1) is 0 Å². The van der Waals surface area contributed by atoms with Crippen LogP contribution in [0.3, 0.4) is 0 Å². The molecule has 2 saturated heterocycles. The Bertz CT molecular complexity index is 802. The summed E-state index contributed by atoms with van der Waals surface area (Å²) in [5, 5.41) is 6.25. The van der Waals surface area contributed by atoms with Gasteiger partial charge in [-0.25, -0.2) is 9.97 Å². The highest BCUT2D eigenvalue weighted by molar-refractivity contribution is 5.91. The fourth-order valence-corrected chi connectivity index (χ4v) is 3.41. The average molecular weight is 372 g/mol. The summed E-state index contributed by atoms with van der Waals surface area (Å²) in [7, 11) is 0. The van der Waals surface area contributed by atoms with E-state index in [-0.39, 0.29) is 41.4 Å². The first-order valence-electron chi connectivity index (χ1n) is 9.09. The molecule has 8 heteroatoms. The van der Waals surface area contributed by atoms with Gasteiger partial charge in [0.1, 0.15) is 12.2 Å². The molecule has 2 fully saturated rings. The van der Waals surface area contributed by atoms with E-state index in [9.17, 15) is 4.79 Å². The quantitative estimate of drug-likeness (QED) is 0.843. The van der Waals surface area contributed by atoms with Crippen LogP contribution in [0.25, 0.3) is 0 Å². The van der Waals surface area contributed by atoms with E-state index in [1.807, 2.05) is 6.07 Å². The molecule has 0 radical (unpaired) electrons. The lowest BCUT2D eigenvalue weighted by molar-refractivity contribution is 0.0646. The van der Waals surface area contributed by atoms with Crippen molar-refractivity contribution in [3.8, 4) is 0 Å². The molecular formula is C19H24N4O4. The number of aromatic nitrogens is 2. The van der Waals surface area contributed by atoms with Crippen LogP contribution >= 0.6 is 0 Å². The number of nitrogens with zero attached hydrogens (tertiary/aromatic N) is 2. The molecule has 4 heterocycles. The first kappa shape index (κ1) is 17.9. The number of hydrogen-bond acceptors (Lipinski definition) is 7. The summed E-state index contributed by atoms with van der Waals surface area (Å²) in [5.41, 5.74) is 0.908. The van der Waals surface area contributed by atoms with Gasteiger partial charge in [0.25, 0.3) is 5.91 Å². The predicted molar refractivity (Wildman–Crippen MR) is 97.6 cm³/mol. The third-order valence-electron chi connectivity index (χ3n) is 4.85. The third kappa shape index (κ3) is 3.68.